The summed E-state index contributed by atoms with van der Waals surface area (Å²) in [6.07, 6.45) is 0. The third-order valence-electron chi connectivity index (χ3n) is 4.91. The summed E-state index contributed by atoms with van der Waals surface area (Å²) >= 11 is 0. The molecule has 7 nitrogen and oxygen atoms in total. The summed E-state index contributed by atoms with van der Waals surface area (Å²) in [5.74, 6) is -1.37. The van der Waals surface area contributed by atoms with Crippen LogP contribution in [0.25, 0.3) is 0 Å². The van der Waals surface area contributed by atoms with Gasteiger partial charge < -0.3 is 5.32 Å². The van der Waals surface area contributed by atoms with E-state index in [2.05, 4.69) is 10.4 Å². The topological polar surface area (TPSA) is 90.1 Å². The first-order valence-electron chi connectivity index (χ1n) is 9.07. The van der Waals surface area contributed by atoms with Crippen LogP contribution in [0.2, 0.25) is 0 Å². The summed E-state index contributed by atoms with van der Waals surface area (Å²) < 4.78 is 15.8. The monoisotopic (exact) mass is 396 g/mol. The summed E-state index contributed by atoms with van der Waals surface area (Å²) in [5.41, 5.74) is 3.05. The van der Waals surface area contributed by atoms with Gasteiger partial charge >= 0.3 is 0 Å². The molecular formula is C21H21FN4O3. The number of carbonyl (C=O) groups excluding carboxylic acids is 1. The van der Waals surface area contributed by atoms with E-state index >= 15 is 0 Å². The van der Waals surface area contributed by atoms with Crippen LogP contribution in [0.15, 0.2) is 42.5 Å². The van der Waals surface area contributed by atoms with Crippen molar-refractivity contribution in [3.05, 3.63) is 92.0 Å². The molecular weight excluding hydrogens is 375 g/mol. The number of nitrogens with zero attached hydrogens (tertiary/aromatic N) is 3. The van der Waals surface area contributed by atoms with E-state index in [-0.39, 0.29) is 17.7 Å². The van der Waals surface area contributed by atoms with Crippen molar-refractivity contribution in [1.82, 2.24) is 15.1 Å². The van der Waals surface area contributed by atoms with Gasteiger partial charge in [0.15, 0.2) is 0 Å². The quantitative estimate of drug-likeness (QED) is 0.506. The fraction of sp³-hybridized carbons (Fsp3) is 0.238. The van der Waals surface area contributed by atoms with E-state index in [0.717, 1.165) is 34.6 Å². The number of aryl methyl sites for hydroxylation is 1. The second-order valence-corrected chi connectivity index (χ2v) is 6.83. The highest BCUT2D eigenvalue weighted by atomic mass is 19.1. The molecule has 1 N–H and O–H groups in total. The van der Waals surface area contributed by atoms with Crippen LogP contribution in [0.4, 0.5) is 10.1 Å². The van der Waals surface area contributed by atoms with Crippen LogP contribution >= 0.6 is 0 Å². The number of nitro benzene ring substituents is 1. The number of hydrogen-bond acceptors (Lipinski definition) is 4. The molecule has 8 heteroatoms. The smallest absolute Gasteiger partial charge is 0.276 e. The lowest BCUT2D eigenvalue weighted by Gasteiger charge is -2.08. The maximum absolute atomic E-state index is 14.0. The number of rotatable bonds is 6. The largest absolute Gasteiger partial charge is 0.348 e. The Labute approximate surface area is 167 Å². The molecule has 1 aromatic heterocycles. The van der Waals surface area contributed by atoms with Gasteiger partial charge in [0.1, 0.15) is 5.82 Å². The van der Waals surface area contributed by atoms with Gasteiger partial charge in [-0.05, 0) is 32.4 Å². The number of amides is 1. The van der Waals surface area contributed by atoms with Crippen LogP contribution in [0, 0.1) is 36.7 Å². The number of halogens is 1. The minimum absolute atomic E-state index is 0.0909. The number of nitro groups is 1. The van der Waals surface area contributed by atoms with Gasteiger partial charge in [-0.1, -0.05) is 30.3 Å². The molecule has 0 aliphatic carbocycles. The predicted molar refractivity (Wildman–Crippen MR) is 106 cm³/mol. The third-order valence-corrected chi connectivity index (χ3v) is 4.91. The van der Waals surface area contributed by atoms with Crippen LogP contribution in [-0.4, -0.2) is 20.6 Å². The molecule has 3 aromatic rings. The molecule has 0 bridgehead atoms. The normalized spacial score (nSPS) is 10.8. The van der Waals surface area contributed by atoms with Crippen LogP contribution in [0.1, 0.15) is 38.4 Å². The molecule has 0 atom stereocenters. The molecule has 0 aliphatic rings. The minimum atomic E-state index is -0.785. The molecule has 0 fully saturated rings. The summed E-state index contributed by atoms with van der Waals surface area (Å²) in [7, 11) is 0. The lowest BCUT2D eigenvalue weighted by molar-refractivity contribution is -0.385. The van der Waals surface area contributed by atoms with Crippen molar-refractivity contribution >= 4 is 11.6 Å². The van der Waals surface area contributed by atoms with E-state index in [1.54, 1.807) is 0 Å². The van der Waals surface area contributed by atoms with E-state index in [1.807, 2.05) is 48.9 Å². The zero-order chi connectivity index (χ0) is 21.1. The van der Waals surface area contributed by atoms with Gasteiger partial charge in [-0.25, -0.2) is 4.39 Å². The van der Waals surface area contributed by atoms with Crippen LogP contribution in [0.3, 0.4) is 0 Å². The van der Waals surface area contributed by atoms with Crippen LogP contribution < -0.4 is 5.32 Å². The molecule has 1 heterocycles. The van der Waals surface area contributed by atoms with Crippen molar-refractivity contribution < 1.29 is 14.1 Å². The van der Waals surface area contributed by atoms with Gasteiger partial charge in [-0.15, -0.1) is 0 Å². The standard InChI is InChI=1S/C21H21FN4O3/c1-13-19(22)9-17(10-20(13)26(28)29)21(27)23-11-18-14(2)24-25(15(18)3)12-16-7-5-4-6-8-16/h4-10H,11-12H2,1-3H3,(H,23,27). The second-order valence-electron chi connectivity index (χ2n) is 6.83. The first kappa shape index (κ1) is 20.2. The number of hydrogen-bond donors (Lipinski definition) is 1. The Morgan fingerprint density at radius 1 is 1.21 bits per heavy atom. The fourth-order valence-electron chi connectivity index (χ4n) is 3.16. The van der Waals surface area contributed by atoms with E-state index in [9.17, 15) is 19.3 Å². The Balaban J connectivity index is 1.77. The minimum Gasteiger partial charge on any atom is -0.348 e. The van der Waals surface area contributed by atoms with E-state index < -0.39 is 22.3 Å². The molecule has 150 valence electrons. The summed E-state index contributed by atoms with van der Waals surface area (Å²) in [6.45, 7) is 5.88. The summed E-state index contributed by atoms with van der Waals surface area (Å²) in [5, 5.41) is 18.3. The van der Waals surface area contributed by atoms with Crippen LogP contribution in [-0.2, 0) is 13.1 Å². The van der Waals surface area contributed by atoms with Crippen molar-refractivity contribution in [1.29, 1.82) is 0 Å². The van der Waals surface area contributed by atoms with Crippen LogP contribution in [0.5, 0.6) is 0 Å². The van der Waals surface area contributed by atoms with Crippen molar-refractivity contribution in [2.75, 3.05) is 0 Å². The second kappa shape index (κ2) is 8.22. The van der Waals surface area contributed by atoms with Gasteiger partial charge in [-0.2, -0.15) is 5.10 Å². The number of aromatic nitrogens is 2. The molecule has 1 amide bonds. The van der Waals surface area contributed by atoms with Crippen molar-refractivity contribution in [2.45, 2.75) is 33.9 Å². The van der Waals surface area contributed by atoms with E-state index in [1.165, 1.54) is 6.92 Å². The maximum Gasteiger partial charge on any atom is 0.276 e. The van der Waals surface area contributed by atoms with Gasteiger partial charge in [-0.3, -0.25) is 19.6 Å². The van der Waals surface area contributed by atoms with E-state index in [0.29, 0.717) is 6.54 Å². The zero-order valence-electron chi connectivity index (χ0n) is 16.4. The Morgan fingerprint density at radius 2 is 1.90 bits per heavy atom. The lowest BCUT2D eigenvalue weighted by Crippen LogP contribution is -2.24. The predicted octanol–water partition coefficient (Wildman–Crippen LogP) is 3.83. The summed E-state index contributed by atoms with van der Waals surface area (Å²) in [4.78, 5) is 22.8. The Kier molecular flexibility index (Phi) is 5.72. The molecule has 3 rings (SSSR count). The Hall–Kier alpha value is -3.55. The van der Waals surface area contributed by atoms with Gasteiger partial charge in [0, 0.05) is 29.4 Å². The molecule has 0 spiro atoms. The summed E-state index contributed by atoms with van der Waals surface area (Å²) in [6, 6.07) is 12.0. The van der Waals surface area contributed by atoms with Crippen molar-refractivity contribution in [3.63, 3.8) is 0 Å². The Morgan fingerprint density at radius 3 is 2.55 bits per heavy atom. The molecule has 0 saturated carbocycles. The highest BCUT2D eigenvalue weighted by Crippen LogP contribution is 2.23. The SMILES string of the molecule is Cc1nn(Cc2ccccc2)c(C)c1CNC(=O)c1cc(F)c(C)c([N+](=O)[O-])c1. The Bertz CT molecular complexity index is 1080. The maximum atomic E-state index is 14.0. The highest BCUT2D eigenvalue weighted by Gasteiger charge is 2.20. The first-order valence-corrected chi connectivity index (χ1v) is 9.07. The zero-order valence-corrected chi connectivity index (χ0v) is 16.4. The molecule has 29 heavy (non-hydrogen) atoms. The van der Waals surface area contributed by atoms with Crippen molar-refractivity contribution in [3.8, 4) is 0 Å². The number of nitrogens with one attached hydrogen (secondary N) is 1. The van der Waals surface area contributed by atoms with Gasteiger partial charge in [0.2, 0.25) is 0 Å². The number of benzene rings is 2. The fourth-order valence-corrected chi connectivity index (χ4v) is 3.16. The van der Waals surface area contributed by atoms with E-state index in [4.69, 9.17) is 0 Å². The third kappa shape index (κ3) is 4.31. The average molecular weight is 396 g/mol. The van der Waals surface area contributed by atoms with Gasteiger partial charge in [0.25, 0.3) is 11.6 Å². The molecule has 0 unspecified atom stereocenters. The highest BCUT2D eigenvalue weighted by molar-refractivity contribution is 5.95. The molecule has 2 aromatic carbocycles. The first-order chi connectivity index (χ1) is 13.8. The molecule has 0 aliphatic heterocycles. The van der Waals surface area contributed by atoms with Gasteiger partial charge in [0.05, 0.1) is 22.7 Å². The molecule has 0 radical (unpaired) electrons. The molecule has 0 saturated heterocycles. The van der Waals surface area contributed by atoms with Crippen molar-refractivity contribution in [2.24, 2.45) is 0 Å². The lowest BCUT2D eigenvalue weighted by atomic mass is 10.1. The number of carbonyl (C=O) groups is 1. The average Bonchev–Trinajstić information content (AvgIpc) is 2.95.